The van der Waals surface area contributed by atoms with Gasteiger partial charge in [-0.15, -0.1) is 0 Å². The van der Waals surface area contributed by atoms with E-state index in [-0.39, 0.29) is 29.9 Å². The third kappa shape index (κ3) is 3.82. The van der Waals surface area contributed by atoms with Crippen molar-refractivity contribution in [1.29, 1.82) is 0 Å². The molecule has 1 aromatic carbocycles. The Bertz CT molecular complexity index is 772. The summed E-state index contributed by atoms with van der Waals surface area (Å²) >= 11 is 0. The number of nitrogens with one attached hydrogen (secondary N) is 1. The quantitative estimate of drug-likeness (QED) is 0.842. The van der Waals surface area contributed by atoms with Crippen LogP contribution in [0, 0.1) is 5.92 Å². The molecule has 0 saturated heterocycles. The number of aliphatic hydroxyl groups excluding tert-OH is 1. The van der Waals surface area contributed by atoms with Crippen LogP contribution in [0.1, 0.15) is 43.2 Å². The minimum absolute atomic E-state index is 0.0439. The smallest absolute Gasteiger partial charge is 0.255 e. The van der Waals surface area contributed by atoms with Crippen LogP contribution in [0.25, 0.3) is 5.69 Å². The molecule has 0 spiro atoms. The first-order valence-corrected chi connectivity index (χ1v) is 8.64. The zero-order valence-electron chi connectivity index (χ0n) is 14.9. The fourth-order valence-electron chi connectivity index (χ4n) is 3.07. The fraction of sp³-hybridized carbons (Fsp3) is 0.400. The highest BCUT2D eigenvalue weighted by Crippen LogP contribution is 2.26. The van der Waals surface area contributed by atoms with Crippen molar-refractivity contribution in [2.24, 2.45) is 5.92 Å². The van der Waals surface area contributed by atoms with Crippen LogP contribution < -0.4 is 5.32 Å². The molecule has 3 rings (SSSR count). The van der Waals surface area contributed by atoms with E-state index >= 15 is 0 Å². The van der Waals surface area contributed by atoms with Gasteiger partial charge in [-0.2, -0.15) is 5.10 Å². The molecule has 132 valence electrons. The number of hydrogen-bond donors (Lipinski definition) is 2. The molecular formula is C20H25N3O2. The van der Waals surface area contributed by atoms with Gasteiger partial charge in [0.05, 0.1) is 16.9 Å². The van der Waals surface area contributed by atoms with Gasteiger partial charge in [-0.25, -0.2) is 4.68 Å². The van der Waals surface area contributed by atoms with E-state index in [1.807, 2.05) is 42.5 Å². The highest BCUT2D eigenvalue weighted by atomic mass is 16.3. The number of benzene rings is 1. The van der Waals surface area contributed by atoms with Crippen LogP contribution in [0.5, 0.6) is 0 Å². The van der Waals surface area contributed by atoms with Gasteiger partial charge in [-0.05, 0) is 18.6 Å². The van der Waals surface area contributed by atoms with Gasteiger partial charge in [0.25, 0.3) is 5.91 Å². The third-order valence-corrected chi connectivity index (χ3v) is 4.41. The van der Waals surface area contributed by atoms with Crippen molar-refractivity contribution in [3.05, 3.63) is 59.9 Å². The largest absolute Gasteiger partial charge is 0.396 e. The van der Waals surface area contributed by atoms with E-state index in [0.717, 1.165) is 17.8 Å². The van der Waals surface area contributed by atoms with Crippen molar-refractivity contribution in [3.8, 4) is 5.69 Å². The molecule has 2 aromatic rings. The molecule has 0 radical (unpaired) electrons. The summed E-state index contributed by atoms with van der Waals surface area (Å²) in [5, 5.41) is 17.0. The van der Waals surface area contributed by atoms with Gasteiger partial charge in [0.1, 0.15) is 0 Å². The number of hydrogen-bond acceptors (Lipinski definition) is 3. The molecule has 1 aromatic heterocycles. The molecule has 1 heterocycles. The fourth-order valence-corrected chi connectivity index (χ4v) is 3.07. The van der Waals surface area contributed by atoms with Gasteiger partial charge in [0.15, 0.2) is 0 Å². The Hall–Kier alpha value is -2.40. The predicted molar refractivity (Wildman–Crippen MR) is 97.9 cm³/mol. The lowest BCUT2D eigenvalue weighted by Gasteiger charge is -2.18. The van der Waals surface area contributed by atoms with Crippen molar-refractivity contribution < 1.29 is 9.90 Å². The zero-order valence-corrected chi connectivity index (χ0v) is 14.9. The normalized spacial score (nSPS) is 20.0. The molecule has 5 heteroatoms. The van der Waals surface area contributed by atoms with E-state index in [0.29, 0.717) is 5.56 Å². The van der Waals surface area contributed by atoms with Gasteiger partial charge in [0, 0.05) is 30.2 Å². The zero-order chi connectivity index (χ0) is 18.0. The third-order valence-electron chi connectivity index (χ3n) is 4.41. The van der Waals surface area contributed by atoms with Crippen LogP contribution in [0.3, 0.4) is 0 Å². The molecule has 2 atom stereocenters. The number of amides is 1. The number of nitrogens with zero attached hydrogens (tertiary/aromatic N) is 2. The summed E-state index contributed by atoms with van der Waals surface area (Å²) in [5.74, 6) is -0.000209. The van der Waals surface area contributed by atoms with Crippen molar-refractivity contribution in [2.45, 2.75) is 38.6 Å². The summed E-state index contributed by atoms with van der Waals surface area (Å²) in [6.07, 6.45) is 6.45. The Morgan fingerprint density at radius 1 is 1.28 bits per heavy atom. The maximum Gasteiger partial charge on any atom is 0.255 e. The summed E-state index contributed by atoms with van der Waals surface area (Å²) in [7, 11) is 0. The van der Waals surface area contributed by atoms with Crippen LogP contribution in [-0.2, 0) is 5.41 Å². The summed E-state index contributed by atoms with van der Waals surface area (Å²) in [5.41, 5.74) is 2.05. The van der Waals surface area contributed by atoms with Crippen LogP contribution in [-0.4, -0.2) is 33.4 Å². The molecule has 25 heavy (non-hydrogen) atoms. The number of para-hydroxylation sites is 1. The first-order valence-electron chi connectivity index (χ1n) is 8.64. The Kier molecular flexibility index (Phi) is 4.77. The summed E-state index contributed by atoms with van der Waals surface area (Å²) in [4.78, 5) is 12.8. The predicted octanol–water partition coefficient (Wildman–Crippen LogP) is 2.84. The van der Waals surface area contributed by atoms with E-state index in [9.17, 15) is 9.90 Å². The van der Waals surface area contributed by atoms with Gasteiger partial charge < -0.3 is 10.4 Å². The lowest BCUT2D eigenvalue weighted by molar-refractivity contribution is 0.0939. The monoisotopic (exact) mass is 339 g/mol. The molecule has 1 amide bonds. The molecule has 2 N–H and O–H groups in total. The Balaban J connectivity index is 1.88. The van der Waals surface area contributed by atoms with Crippen molar-refractivity contribution in [2.75, 3.05) is 6.61 Å². The van der Waals surface area contributed by atoms with Crippen LogP contribution >= 0.6 is 0 Å². The first kappa shape index (κ1) is 17.4. The summed E-state index contributed by atoms with van der Waals surface area (Å²) in [6.45, 7) is 6.28. The second-order valence-corrected chi connectivity index (χ2v) is 7.56. The Morgan fingerprint density at radius 3 is 2.60 bits per heavy atom. The molecule has 1 aliphatic carbocycles. The Labute approximate surface area is 148 Å². The van der Waals surface area contributed by atoms with Crippen molar-refractivity contribution >= 4 is 5.91 Å². The molecule has 1 aliphatic rings. The molecule has 0 fully saturated rings. The molecule has 0 unspecified atom stereocenters. The molecule has 5 nitrogen and oxygen atoms in total. The lowest BCUT2D eigenvalue weighted by atomic mass is 9.89. The van der Waals surface area contributed by atoms with Gasteiger partial charge in [-0.3, -0.25) is 4.79 Å². The second-order valence-electron chi connectivity index (χ2n) is 7.56. The van der Waals surface area contributed by atoms with Crippen LogP contribution in [0.4, 0.5) is 0 Å². The van der Waals surface area contributed by atoms with Gasteiger partial charge in [0.2, 0.25) is 0 Å². The molecular weight excluding hydrogens is 314 g/mol. The number of carbonyl (C=O) groups excluding carboxylic acids is 1. The second kappa shape index (κ2) is 6.84. The van der Waals surface area contributed by atoms with E-state index in [1.165, 1.54) is 0 Å². The topological polar surface area (TPSA) is 67.2 Å². The van der Waals surface area contributed by atoms with E-state index in [1.54, 1.807) is 10.9 Å². The van der Waals surface area contributed by atoms with E-state index in [2.05, 4.69) is 31.2 Å². The summed E-state index contributed by atoms with van der Waals surface area (Å²) < 4.78 is 1.76. The molecule has 0 saturated carbocycles. The average molecular weight is 339 g/mol. The number of carbonyl (C=O) groups is 1. The number of rotatable bonds is 4. The van der Waals surface area contributed by atoms with Gasteiger partial charge >= 0.3 is 0 Å². The standard InChI is InChI=1S/C20H25N3O2/c1-20(2,3)18-17(12-23(22-18)16-7-5-4-6-8-16)19(25)21-15-10-9-14(11-15)13-24/h4-10,12,14-15,24H,11,13H2,1-3H3,(H,21,25)/t14-,15+/m0/s1. The average Bonchev–Trinajstić information content (AvgIpc) is 3.22. The van der Waals surface area contributed by atoms with Crippen molar-refractivity contribution in [3.63, 3.8) is 0 Å². The maximum atomic E-state index is 12.8. The maximum absolute atomic E-state index is 12.8. The summed E-state index contributed by atoms with van der Waals surface area (Å²) in [6, 6.07) is 9.74. The lowest BCUT2D eigenvalue weighted by Crippen LogP contribution is -2.34. The molecule has 0 aliphatic heterocycles. The van der Waals surface area contributed by atoms with Crippen LogP contribution in [0.2, 0.25) is 0 Å². The number of aromatic nitrogens is 2. The highest BCUT2D eigenvalue weighted by molar-refractivity contribution is 5.96. The van der Waals surface area contributed by atoms with Crippen LogP contribution in [0.15, 0.2) is 48.7 Å². The minimum Gasteiger partial charge on any atom is -0.396 e. The SMILES string of the molecule is CC(C)(C)c1nn(-c2ccccc2)cc1C(=O)N[C@@H]1C=C[C@H](CO)C1. The van der Waals surface area contributed by atoms with Crippen molar-refractivity contribution in [1.82, 2.24) is 15.1 Å². The molecule has 0 bridgehead atoms. The van der Waals surface area contributed by atoms with Gasteiger partial charge in [-0.1, -0.05) is 51.1 Å². The van der Waals surface area contributed by atoms with E-state index < -0.39 is 0 Å². The first-order chi connectivity index (χ1) is 11.9. The minimum atomic E-state index is -0.244. The Morgan fingerprint density at radius 2 is 2.00 bits per heavy atom. The van der Waals surface area contributed by atoms with E-state index in [4.69, 9.17) is 0 Å². The number of aliphatic hydroxyl groups is 1. The highest BCUT2D eigenvalue weighted by Gasteiger charge is 2.28.